The Morgan fingerprint density at radius 3 is 2.71 bits per heavy atom. The number of rotatable bonds is 2. The molecule has 0 amide bonds. The molecule has 0 fully saturated rings. The first-order valence-corrected chi connectivity index (χ1v) is 6.21. The van der Waals surface area contributed by atoms with E-state index in [1.165, 1.54) is 5.69 Å². The van der Waals surface area contributed by atoms with Gasteiger partial charge in [0, 0.05) is 18.1 Å². The highest BCUT2D eigenvalue weighted by Crippen LogP contribution is 2.36. The summed E-state index contributed by atoms with van der Waals surface area (Å²) in [4.78, 5) is 2.41. The number of aliphatic hydroxyl groups is 1. The summed E-state index contributed by atoms with van der Waals surface area (Å²) in [5, 5.41) is 12.7. The number of hydrogen-bond donors (Lipinski definition) is 2. The molecular weight excluding hydrogens is 212 g/mol. The van der Waals surface area contributed by atoms with Gasteiger partial charge in [0.25, 0.3) is 0 Å². The Labute approximate surface area is 103 Å². The lowest BCUT2D eigenvalue weighted by atomic mass is 9.97. The molecule has 1 aromatic carbocycles. The molecule has 1 aliphatic rings. The largest absolute Gasteiger partial charge is 0.392 e. The van der Waals surface area contributed by atoms with Crippen LogP contribution < -0.4 is 10.2 Å². The summed E-state index contributed by atoms with van der Waals surface area (Å²) in [7, 11) is 0. The lowest BCUT2D eigenvalue weighted by Gasteiger charge is -2.44. The maximum atomic E-state index is 9.20. The van der Waals surface area contributed by atoms with Gasteiger partial charge in [0.05, 0.1) is 18.0 Å². The third kappa shape index (κ3) is 2.39. The standard InChI is InChI=1S/C14H22N2O/c1-10(2)16-9-14(3,4)15-12-7-11(8-17)5-6-13(12)16/h5-7,10,15,17H,8-9H2,1-4H3. The van der Waals surface area contributed by atoms with Crippen molar-refractivity contribution in [3.05, 3.63) is 23.8 Å². The van der Waals surface area contributed by atoms with Crippen LogP contribution in [0.25, 0.3) is 0 Å². The zero-order valence-electron chi connectivity index (χ0n) is 11.1. The van der Waals surface area contributed by atoms with Gasteiger partial charge in [-0.1, -0.05) is 6.07 Å². The molecule has 94 valence electrons. The number of nitrogens with zero attached hydrogens (tertiary/aromatic N) is 1. The van der Waals surface area contributed by atoms with E-state index in [-0.39, 0.29) is 12.1 Å². The Morgan fingerprint density at radius 1 is 1.41 bits per heavy atom. The van der Waals surface area contributed by atoms with E-state index in [4.69, 9.17) is 0 Å². The second-order valence-electron chi connectivity index (χ2n) is 5.74. The summed E-state index contributed by atoms with van der Waals surface area (Å²) in [6, 6.07) is 6.62. The first kappa shape index (κ1) is 12.2. The minimum absolute atomic E-state index is 0.0609. The molecule has 1 aliphatic heterocycles. The number of aliphatic hydroxyl groups excluding tert-OH is 1. The average Bonchev–Trinajstić information content (AvgIpc) is 2.25. The predicted molar refractivity (Wildman–Crippen MR) is 72.5 cm³/mol. The highest BCUT2D eigenvalue weighted by Gasteiger charge is 2.30. The van der Waals surface area contributed by atoms with Gasteiger partial charge < -0.3 is 15.3 Å². The molecular formula is C14H22N2O. The Kier molecular flexibility index (Phi) is 3.04. The van der Waals surface area contributed by atoms with Crippen LogP contribution in [0.5, 0.6) is 0 Å². The fourth-order valence-corrected chi connectivity index (χ4v) is 2.41. The van der Waals surface area contributed by atoms with Gasteiger partial charge in [0.1, 0.15) is 0 Å². The van der Waals surface area contributed by atoms with Crippen LogP contribution in [0.4, 0.5) is 11.4 Å². The molecule has 1 heterocycles. The molecule has 3 nitrogen and oxygen atoms in total. The van der Waals surface area contributed by atoms with Gasteiger partial charge in [-0.05, 0) is 45.4 Å². The Morgan fingerprint density at radius 2 is 2.12 bits per heavy atom. The van der Waals surface area contributed by atoms with Crippen LogP contribution in [0.1, 0.15) is 33.3 Å². The number of hydrogen-bond acceptors (Lipinski definition) is 3. The Balaban J connectivity index is 2.44. The van der Waals surface area contributed by atoms with Crippen LogP contribution in [0.2, 0.25) is 0 Å². The van der Waals surface area contributed by atoms with E-state index in [0.29, 0.717) is 6.04 Å². The molecule has 0 radical (unpaired) electrons. The number of nitrogens with one attached hydrogen (secondary N) is 1. The van der Waals surface area contributed by atoms with Gasteiger partial charge in [-0.2, -0.15) is 0 Å². The molecule has 0 saturated heterocycles. The molecule has 0 atom stereocenters. The summed E-state index contributed by atoms with van der Waals surface area (Å²) in [6.07, 6.45) is 0. The Hall–Kier alpha value is -1.22. The highest BCUT2D eigenvalue weighted by molar-refractivity contribution is 5.74. The third-order valence-corrected chi connectivity index (χ3v) is 3.22. The normalized spacial score (nSPS) is 17.9. The molecule has 3 heteroatoms. The van der Waals surface area contributed by atoms with Crippen molar-refractivity contribution >= 4 is 11.4 Å². The van der Waals surface area contributed by atoms with Gasteiger partial charge in [0.2, 0.25) is 0 Å². The van der Waals surface area contributed by atoms with Crippen LogP contribution in [0.3, 0.4) is 0 Å². The average molecular weight is 234 g/mol. The number of anilines is 2. The molecule has 0 aliphatic carbocycles. The van der Waals surface area contributed by atoms with E-state index >= 15 is 0 Å². The van der Waals surface area contributed by atoms with E-state index in [9.17, 15) is 5.11 Å². The van der Waals surface area contributed by atoms with Gasteiger partial charge in [-0.15, -0.1) is 0 Å². The van der Waals surface area contributed by atoms with Crippen molar-refractivity contribution < 1.29 is 5.11 Å². The molecule has 0 aromatic heterocycles. The monoisotopic (exact) mass is 234 g/mol. The molecule has 17 heavy (non-hydrogen) atoms. The second kappa shape index (κ2) is 4.22. The number of fused-ring (bicyclic) bond motifs is 1. The molecule has 0 saturated carbocycles. The minimum Gasteiger partial charge on any atom is -0.392 e. The van der Waals surface area contributed by atoms with Crippen molar-refractivity contribution in [3.8, 4) is 0 Å². The minimum atomic E-state index is 0.0609. The van der Waals surface area contributed by atoms with Crippen molar-refractivity contribution in [2.45, 2.75) is 45.9 Å². The van der Waals surface area contributed by atoms with Crippen molar-refractivity contribution in [2.24, 2.45) is 0 Å². The van der Waals surface area contributed by atoms with Crippen LogP contribution in [0.15, 0.2) is 18.2 Å². The summed E-state index contributed by atoms with van der Waals surface area (Å²) in [6.45, 7) is 9.93. The fraction of sp³-hybridized carbons (Fsp3) is 0.571. The summed E-state index contributed by atoms with van der Waals surface area (Å²) < 4.78 is 0. The summed E-state index contributed by atoms with van der Waals surface area (Å²) in [5.74, 6) is 0. The molecule has 0 bridgehead atoms. The smallest absolute Gasteiger partial charge is 0.0682 e. The van der Waals surface area contributed by atoms with Gasteiger partial charge in [0.15, 0.2) is 0 Å². The molecule has 0 spiro atoms. The summed E-state index contributed by atoms with van der Waals surface area (Å²) in [5.41, 5.74) is 3.38. The van der Waals surface area contributed by atoms with Gasteiger partial charge in [-0.3, -0.25) is 0 Å². The van der Waals surface area contributed by atoms with E-state index in [1.807, 2.05) is 12.1 Å². The molecule has 2 rings (SSSR count). The van der Waals surface area contributed by atoms with E-state index in [1.54, 1.807) is 0 Å². The lowest BCUT2D eigenvalue weighted by Crippen LogP contribution is -2.50. The van der Waals surface area contributed by atoms with Crippen LogP contribution in [-0.4, -0.2) is 23.2 Å². The van der Waals surface area contributed by atoms with Gasteiger partial charge in [-0.25, -0.2) is 0 Å². The molecule has 2 N–H and O–H groups in total. The van der Waals surface area contributed by atoms with Crippen LogP contribution in [-0.2, 0) is 6.61 Å². The first-order chi connectivity index (χ1) is 7.93. The molecule has 1 aromatic rings. The van der Waals surface area contributed by atoms with Crippen molar-refractivity contribution in [2.75, 3.05) is 16.8 Å². The maximum Gasteiger partial charge on any atom is 0.0682 e. The van der Waals surface area contributed by atoms with Gasteiger partial charge >= 0.3 is 0 Å². The predicted octanol–water partition coefficient (Wildman–Crippen LogP) is 2.60. The Bertz CT molecular complexity index is 413. The van der Waals surface area contributed by atoms with Crippen LogP contribution in [0, 0.1) is 0 Å². The fourth-order valence-electron chi connectivity index (χ4n) is 2.41. The van der Waals surface area contributed by atoms with Crippen molar-refractivity contribution in [1.82, 2.24) is 0 Å². The lowest BCUT2D eigenvalue weighted by molar-refractivity contribution is 0.282. The highest BCUT2D eigenvalue weighted by atomic mass is 16.3. The van der Waals surface area contributed by atoms with Crippen molar-refractivity contribution in [1.29, 1.82) is 0 Å². The zero-order chi connectivity index (χ0) is 12.6. The first-order valence-electron chi connectivity index (χ1n) is 6.21. The van der Waals surface area contributed by atoms with Crippen LogP contribution >= 0.6 is 0 Å². The zero-order valence-corrected chi connectivity index (χ0v) is 11.1. The maximum absolute atomic E-state index is 9.20. The quantitative estimate of drug-likeness (QED) is 0.825. The third-order valence-electron chi connectivity index (χ3n) is 3.22. The summed E-state index contributed by atoms with van der Waals surface area (Å²) >= 11 is 0. The van der Waals surface area contributed by atoms with E-state index < -0.39 is 0 Å². The topological polar surface area (TPSA) is 35.5 Å². The number of benzene rings is 1. The van der Waals surface area contributed by atoms with E-state index in [2.05, 4.69) is 44.0 Å². The second-order valence-corrected chi connectivity index (χ2v) is 5.74. The molecule has 0 unspecified atom stereocenters. The SMILES string of the molecule is CC(C)N1CC(C)(C)Nc2cc(CO)ccc21. The van der Waals surface area contributed by atoms with Crippen molar-refractivity contribution in [3.63, 3.8) is 0 Å². The van der Waals surface area contributed by atoms with E-state index in [0.717, 1.165) is 17.8 Å².